The third-order valence-corrected chi connectivity index (χ3v) is 4.55. The fourth-order valence-corrected chi connectivity index (χ4v) is 3.19. The summed E-state index contributed by atoms with van der Waals surface area (Å²) in [6.07, 6.45) is 0.142. The van der Waals surface area contributed by atoms with Crippen LogP contribution in [0.15, 0.2) is 29.4 Å². The Morgan fingerprint density at radius 3 is 2.42 bits per heavy atom. The zero-order valence-electron chi connectivity index (χ0n) is 14.1. The summed E-state index contributed by atoms with van der Waals surface area (Å²) in [7, 11) is 1.18. The number of benzene rings is 1. The minimum Gasteiger partial charge on any atom is -0.464 e. The third-order valence-electron chi connectivity index (χ3n) is 4.30. The molecule has 0 saturated carbocycles. The summed E-state index contributed by atoms with van der Waals surface area (Å²) in [6, 6.07) is 5.26. The molecule has 8 nitrogen and oxygen atoms in total. The molecule has 1 aromatic rings. The Hall–Kier alpha value is -2.74. The van der Waals surface area contributed by atoms with Gasteiger partial charge in [-0.3, -0.25) is 19.4 Å². The SMILES string of the molecule is COC(=O)C1=NN(CCC(C)=O)[C@@H]2C(=O)N(c3ccc(Cl)cc3)C(=O)[C@H]12. The van der Waals surface area contributed by atoms with Gasteiger partial charge in [-0.1, -0.05) is 11.6 Å². The minimum atomic E-state index is -1.06. The monoisotopic (exact) mass is 377 g/mol. The van der Waals surface area contributed by atoms with Crippen LogP contribution < -0.4 is 4.90 Å². The van der Waals surface area contributed by atoms with Gasteiger partial charge in [-0.05, 0) is 31.2 Å². The Morgan fingerprint density at radius 1 is 1.19 bits per heavy atom. The maximum Gasteiger partial charge on any atom is 0.355 e. The van der Waals surface area contributed by atoms with Gasteiger partial charge in [-0.15, -0.1) is 0 Å². The highest BCUT2D eigenvalue weighted by atomic mass is 35.5. The second kappa shape index (κ2) is 6.87. The van der Waals surface area contributed by atoms with Gasteiger partial charge in [0.1, 0.15) is 17.7 Å². The number of hydrazone groups is 1. The van der Waals surface area contributed by atoms with Crippen LogP contribution in [0, 0.1) is 5.92 Å². The first-order valence-electron chi connectivity index (χ1n) is 7.91. The number of ketones is 1. The molecule has 2 aliphatic rings. The highest BCUT2D eigenvalue weighted by Gasteiger charge is 2.58. The summed E-state index contributed by atoms with van der Waals surface area (Å²) < 4.78 is 4.69. The predicted molar refractivity (Wildman–Crippen MR) is 92.7 cm³/mol. The fourth-order valence-electron chi connectivity index (χ4n) is 3.06. The van der Waals surface area contributed by atoms with Crippen molar-refractivity contribution in [2.75, 3.05) is 18.6 Å². The van der Waals surface area contributed by atoms with Crippen molar-refractivity contribution in [3.05, 3.63) is 29.3 Å². The van der Waals surface area contributed by atoms with Crippen LogP contribution in [-0.2, 0) is 23.9 Å². The molecular formula is C17H16ClN3O5. The second-order valence-corrected chi connectivity index (χ2v) is 6.44. The number of anilines is 1. The lowest BCUT2D eigenvalue weighted by atomic mass is 9.98. The van der Waals surface area contributed by atoms with E-state index in [0.29, 0.717) is 10.7 Å². The zero-order chi connectivity index (χ0) is 19.0. The van der Waals surface area contributed by atoms with Gasteiger partial charge >= 0.3 is 5.97 Å². The molecule has 1 fully saturated rings. The van der Waals surface area contributed by atoms with Gasteiger partial charge in [0.15, 0.2) is 5.71 Å². The van der Waals surface area contributed by atoms with E-state index >= 15 is 0 Å². The number of nitrogens with zero attached hydrogens (tertiary/aromatic N) is 3. The number of Topliss-reactive ketones (excluding diaryl/α,β-unsaturated/α-hetero) is 1. The molecule has 3 rings (SSSR count). The van der Waals surface area contributed by atoms with Crippen LogP contribution >= 0.6 is 11.6 Å². The number of esters is 1. The Bertz CT molecular complexity index is 820. The van der Waals surface area contributed by atoms with Gasteiger partial charge in [0.25, 0.3) is 5.91 Å². The first-order chi connectivity index (χ1) is 12.3. The van der Waals surface area contributed by atoms with Crippen LogP contribution in [0.25, 0.3) is 0 Å². The van der Waals surface area contributed by atoms with Gasteiger partial charge in [-0.2, -0.15) is 5.10 Å². The number of fused-ring (bicyclic) bond motifs is 1. The molecule has 26 heavy (non-hydrogen) atoms. The minimum absolute atomic E-state index is 0.0883. The number of methoxy groups -OCH3 is 1. The normalized spacial score (nSPS) is 21.7. The Kier molecular flexibility index (Phi) is 4.78. The van der Waals surface area contributed by atoms with Gasteiger partial charge < -0.3 is 4.74 Å². The molecule has 0 aromatic heterocycles. The number of rotatable bonds is 5. The lowest BCUT2D eigenvalue weighted by Crippen LogP contribution is -2.39. The van der Waals surface area contributed by atoms with E-state index in [9.17, 15) is 19.2 Å². The molecule has 1 aromatic carbocycles. The Labute approximate surface area is 154 Å². The number of carbonyl (C=O) groups excluding carboxylic acids is 4. The Morgan fingerprint density at radius 2 is 1.85 bits per heavy atom. The molecule has 0 spiro atoms. The average molecular weight is 378 g/mol. The molecule has 136 valence electrons. The number of hydrogen-bond donors (Lipinski definition) is 0. The maximum absolute atomic E-state index is 12.9. The summed E-state index contributed by atoms with van der Waals surface area (Å²) in [4.78, 5) is 50.1. The van der Waals surface area contributed by atoms with Crippen LogP contribution in [0.4, 0.5) is 5.69 Å². The predicted octanol–water partition coefficient (Wildman–Crippen LogP) is 1.02. The van der Waals surface area contributed by atoms with Crippen LogP contribution in [-0.4, -0.2) is 54.0 Å². The zero-order valence-corrected chi connectivity index (χ0v) is 14.9. The fraction of sp³-hybridized carbons (Fsp3) is 0.353. The summed E-state index contributed by atoms with van der Waals surface area (Å²) in [5.74, 6) is -2.98. The lowest BCUT2D eigenvalue weighted by Gasteiger charge is -2.21. The molecule has 2 aliphatic heterocycles. The quantitative estimate of drug-likeness (QED) is 0.561. The number of imide groups is 1. The summed E-state index contributed by atoms with van der Waals surface area (Å²) in [6.45, 7) is 1.55. The molecule has 2 amide bonds. The highest BCUT2D eigenvalue weighted by molar-refractivity contribution is 6.46. The van der Waals surface area contributed by atoms with E-state index in [-0.39, 0.29) is 24.5 Å². The Balaban J connectivity index is 1.97. The molecule has 9 heteroatoms. The molecule has 0 bridgehead atoms. The van der Waals surface area contributed by atoms with E-state index < -0.39 is 29.7 Å². The van der Waals surface area contributed by atoms with Crippen LogP contribution in [0.1, 0.15) is 13.3 Å². The van der Waals surface area contributed by atoms with Gasteiger partial charge in [0, 0.05) is 18.0 Å². The maximum atomic E-state index is 12.9. The number of halogens is 1. The van der Waals surface area contributed by atoms with Crippen LogP contribution in [0.2, 0.25) is 5.02 Å². The summed E-state index contributed by atoms with van der Waals surface area (Å²) in [5.41, 5.74) is 0.227. The van der Waals surface area contributed by atoms with E-state index in [1.807, 2.05) is 0 Å². The second-order valence-electron chi connectivity index (χ2n) is 6.00. The summed E-state index contributed by atoms with van der Waals surface area (Å²) >= 11 is 5.86. The number of carbonyl (C=O) groups is 4. The van der Waals surface area contributed by atoms with E-state index in [2.05, 4.69) is 5.10 Å². The van der Waals surface area contributed by atoms with Crippen molar-refractivity contribution in [2.24, 2.45) is 11.0 Å². The van der Waals surface area contributed by atoms with E-state index in [1.54, 1.807) is 24.3 Å². The van der Waals surface area contributed by atoms with Crippen molar-refractivity contribution in [1.82, 2.24) is 5.01 Å². The van der Waals surface area contributed by atoms with Gasteiger partial charge in [0.2, 0.25) is 5.91 Å². The lowest BCUT2D eigenvalue weighted by molar-refractivity contribution is -0.133. The molecule has 2 heterocycles. The number of ether oxygens (including phenoxy) is 1. The average Bonchev–Trinajstić information content (AvgIpc) is 3.11. The number of amides is 2. The van der Waals surface area contributed by atoms with Crippen molar-refractivity contribution >= 4 is 46.6 Å². The first-order valence-corrected chi connectivity index (χ1v) is 8.29. The molecule has 0 N–H and O–H groups in total. The van der Waals surface area contributed by atoms with Crippen LogP contribution in [0.5, 0.6) is 0 Å². The first kappa shape index (κ1) is 18.1. The van der Waals surface area contributed by atoms with Crippen molar-refractivity contribution in [3.8, 4) is 0 Å². The smallest absolute Gasteiger partial charge is 0.355 e. The molecule has 2 atom stereocenters. The largest absolute Gasteiger partial charge is 0.464 e. The van der Waals surface area contributed by atoms with Gasteiger partial charge in [-0.25, -0.2) is 9.69 Å². The molecule has 0 unspecified atom stereocenters. The summed E-state index contributed by atoms with van der Waals surface area (Å²) in [5, 5.41) is 5.89. The third kappa shape index (κ3) is 2.96. The van der Waals surface area contributed by atoms with Crippen LogP contribution in [0.3, 0.4) is 0 Å². The van der Waals surface area contributed by atoms with Crippen molar-refractivity contribution in [3.63, 3.8) is 0 Å². The molecule has 0 aliphatic carbocycles. The topological polar surface area (TPSA) is 96.3 Å². The van der Waals surface area contributed by atoms with Crippen molar-refractivity contribution < 1.29 is 23.9 Å². The van der Waals surface area contributed by atoms with E-state index in [0.717, 1.165) is 4.90 Å². The van der Waals surface area contributed by atoms with Crippen molar-refractivity contribution in [2.45, 2.75) is 19.4 Å². The van der Waals surface area contributed by atoms with E-state index in [1.165, 1.54) is 19.0 Å². The molecule has 0 radical (unpaired) electrons. The highest BCUT2D eigenvalue weighted by Crippen LogP contribution is 2.35. The van der Waals surface area contributed by atoms with E-state index in [4.69, 9.17) is 16.3 Å². The molecular weight excluding hydrogens is 362 g/mol. The van der Waals surface area contributed by atoms with Gasteiger partial charge in [0.05, 0.1) is 12.8 Å². The van der Waals surface area contributed by atoms with Crippen molar-refractivity contribution in [1.29, 1.82) is 0 Å². The number of hydrogen-bond acceptors (Lipinski definition) is 7. The molecule has 1 saturated heterocycles. The standard InChI is InChI=1S/C17H16ClN3O5/c1-9(22)7-8-20-14-12(13(19-20)17(25)26-2)15(23)21(16(14)24)11-5-3-10(18)4-6-11/h3-6,12,14H,7-8H2,1-2H3/t12-,14+/m1/s1.